The molecule has 2 unspecified atom stereocenters. The van der Waals surface area contributed by atoms with Crippen LogP contribution in [0, 0.1) is 0 Å². The van der Waals surface area contributed by atoms with Gasteiger partial charge in [0.1, 0.15) is 0 Å². The van der Waals surface area contributed by atoms with Crippen LogP contribution in [0.3, 0.4) is 0 Å². The minimum atomic E-state index is -0.985. The molecule has 1 fully saturated rings. The van der Waals surface area contributed by atoms with Gasteiger partial charge < -0.3 is 19.8 Å². The molecule has 2 N–H and O–H groups in total. The van der Waals surface area contributed by atoms with E-state index < -0.39 is 12.2 Å². The number of morpholine rings is 1. The monoisotopic (exact) mass is 285 g/mol. The van der Waals surface area contributed by atoms with Crippen LogP contribution >= 0.6 is 11.6 Å². The molecular weight excluding hydrogens is 270 g/mol. The zero-order chi connectivity index (χ0) is 13.8. The number of hydrogen-bond acceptors (Lipinski definition) is 3. The first-order chi connectivity index (χ1) is 9.10. The Morgan fingerprint density at radius 1 is 1.42 bits per heavy atom. The van der Waals surface area contributed by atoms with E-state index in [1.54, 1.807) is 12.1 Å². The van der Waals surface area contributed by atoms with E-state index >= 15 is 0 Å². The van der Waals surface area contributed by atoms with Gasteiger partial charge in [0.25, 0.3) is 0 Å². The standard InChI is InChI=1S/C13H16ClNO4/c14-10-3-1-9(2-4-10)5-11-8-19-12(7-16)6-15(11)13(17)18/h1-4,11-12,16H,5-8H2,(H,17,18). The predicted octanol–water partition coefficient (Wildman–Crippen LogP) is 1.62. The summed E-state index contributed by atoms with van der Waals surface area (Å²) in [6.07, 6.45) is -0.847. The van der Waals surface area contributed by atoms with E-state index in [0.717, 1.165) is 5.56 Å². The van der Waals surface area contributed by atoms with Gasteiger partial charge in [-0.3, -0.25) is 0 Å². The highest BCUT2D eigenvalue weighted by Crippen LogP contribution is 2.18. The third-order valence-corrected chi connectivity index (χ3v) is 3.45. The highest BCUT2D eigenvalue weighted by Gasteiger charge is 2.31. The zero-order valence-corrected chi connectivity index (χ0v) is 11.1. The van der Waals surface area contributed by atoms with Gasteiger partial charge in [-0.1, -0.05) is 23.7 Å². The van der Waals surface area contributed by atoms with Gasteiger partial charge in [0, 0.05) is 5.02 Å². The number of rotatable bonds is 3. The minimum Gasteiger partial charge on any atom is -0.465 e. The van der Waals surface area contributed by atoms with Crippen molar-refractivity contribution >= 4 is 17.7 Å². The van der Waals surface area contributed by atoms with Crippen molar-refractivity contribution in [2.75, 3.05) is 19.8 Å². The van der Waals surface area contributed by atoms with Crippen molar-refractivity contribution < 1.29 is 19.7 Å². The van der Waals surface area contributed by atoms with Crippen molar-refractivity contribution in [1.82, 2.24) is 4.90 Å². The molecule has 1 saturated heterocycles. The molecule has 1 aromatic rings. The molecule has 1 aliphatic heterocycles. The van der Waals surface area contributed by atoms with Gasteiger partial charge in [-0.2, -0.15) is 0 Å². The summed E-state index contributed by atoms with van der Waals surface area (Å²) in [5.74, 6) is 0. The van der Waals surface area contributed by atoms with E-state index in [9.17, 15) is 9.90 Å². The summed E-state index contributed by atoms with van der Waals surface area (Å²) in [4.78, 5) is 12.6. The van der Waals surface area contributed by atoms with Crippen LogP contribution in [0.25, 0.3) is 0 Å². The van der Waals surface area contributed by atoms with Crippen molar-refractivity contribution in [3.8, 4) is 0 Å². The van der Waals surface area contributed by atoms with E-state index in [-0.39, 0.29) is 19.2 Å². The quantitative estimate of drug-likeness (QED) is 0.885. The molecule has 1 aromatic carbocycles. The average Bonchev–Trinajstić information content (AvgIpc) is 2.41. The Morgan fingerprint density at radius 3 is 2.68 bits per heavy atom. The number of aliphatic hydroxyl groups excluding tert-OH is 1. The molecule has 1 heterocycles. The number of ether oxygens (including phenoxy) is 1. The number of amides is 1. The lowest BCUT2D eigenvalue weighted by Gasteiger charge is -2.37. The van der Waals surface area contributed by atoms with E-state index in [1.807, 2.05) is 12.1 Å². The molecule has 6 heteroatoms. The molecular formula is C13H16ClNO4. The van der Waals surface area contributed by atoms with Crippen LogP contribution in [0.1, 0.15) is 5.56 Å². The molecule has 1 aliphatic rings. The fraction of sp³-hybridized carbons (Fsp3) is 0.462. The number of carbonyl (C=O) groups is 1. The van der Waals surface area contributed by atoms with Crippen molar-refractivity contribution in [3.05, 3.63) is 34.9 Å². The van der Waals surface area contributed by atoms with Crippen LogP contribution < -0.4 is 0 Å². The lowest BCUT2D eigenvalue weighted by molar-refractivity contribution is -0.0727. The first-order valence-corrected chi connectivity index (χ1v) is 6.44. The number of hydrogen-bond donors (Lipinski definition) is 2. The Morgan fingerprint density at radius 2 is 2.11 bits per heavy atom. The molecule has 104 valence electrons. The second kappa shape index (κ2) is 6.23. The molecule has 0 radical (unpaired) electrons. The van der Waals surface area contributed by atoms with Crippen LogP contribution in [0.5, 0.6) is 0 Å². The highest BCUT2D eigenvalue weighted by atomic mass is 35.5. The van der Waals surface area contributed by atoms with Crippen molar-refractivity contribution in [1.29, 1.82) is 0 Å². The van der Waals surface area contributed by atoms with Gasteiger partial charge in [-0.15, -0.1) is 0 Å². The van der Waals surface area contributed by atoms with E-state index in [2.05, 4.69) is 0 Å². The second-order valence-corrected chi connectivity index (χ2v) is 4.99. The predicted molar refractivity (Wildman–Crippen MR) is 70.5 cm³/mol. The number of carboxylic acid groups (broad SMARTS) is 1. The van der Waals surface area contributed by atoms with Crippen molar-refractivity contribution in [2.24, 2.45) is 0 Å². The van der Waals surface area contributed by atoms with Gasteiger partial charge in [0.05, 0.1) is 31.9 Å². The fourth-order valence-electron chi connectivity index (χ4n) is 2.16. The molecule has 0 spiro atoms. The van der Waals surface area contributed by atoms with E-state index in [0.29, 0.717) is 18.1 Å². The number of aliphatic hydroxyl groups is 1. The van der Waals surface area contributed by atoms with Crippen molar-refractivity contribution in [2.45, 2.75) is 18.6 Å². The van der Waals surface area contributed by atoms with Gasteiger partial charge in [-0.25, -0.2) is 4.79 Å². The molecule has 0 aromatic heterocycles. The third-order valence-electron chi connectivity index (χ3n) is 3.20. The van der Waals surface area contributed by atoms with Gasteiger partial charge >= 0.3 is 6.09 Å². The Balaban J connectivity index is 2.05. The maximum atomic E-state index is 11.2. The molecule has 2 atom stereocenters. The number of halogens is 1. The summed E-state index contributed by atoms with van der Waals surface area (Å²) in [5.41, 5.74) is 1.01. The summed E-state index contributed by atoms with van der Waals surface area (Å²) < 4.78 is 5.44. The van der Waals surface area contributed by atoms with Gasteiger partial charge in [0.15, 0.2) is 0 Å². The first kappa shape index (κ1) is 14.1. The van der Waals surface area contributed by atoms with Crippen LogP contribution in [-0.2, 0) is 11.2 Å². The van der Waals surface area contributed by atoms with Gasteiger partial charge in [-0.05, 0) is 24.1 Å². The van der Waals surface area contributed by atoms with Crippen LogP contribution in [-0.4, -0.2) is 53.1 Å². The second-order valence-electron chi connectivity index (χ2n) is 4.56. The van der Waals surface area contributed by atoms with Crippen LogP contribution in [0.2, 0.25) is 5.02 Å². The maximum absolute atomic E-state index is 11.2. The molecule has 2 rings (SSSR count). The SMILES string of the molecule is O=C(O)N1CC(CO)OCC1Cc1ccc(Cl)cc1. The Hall–Kier alpha value is -1.30. The number of nitrogens with zero attached hydrogens (tertiary/aromatic N) is 1. The summed E-state index contributed by atoms with van der Waals surface area (Å²) in [7, 11) is 0. The first-order valence-electron chi connectivity index (χ1n) is 6.06. The largest absolute Gasteiger partial charge is 0.465 e. The van der Waals surface area contributed by atoms with Crippen LogP contribution in [0.15, 0.2) is 24.3 Å². The van der Waals surface area contributed by atoms with Crippen molar-refractivity contribution in [3.63, 3.8) is 0 Å². The molecule has 1 amide bonds. The smallest absolute Gasteiger partial charge is 0.407 e. The topological polar surface area (TPSA) is 70.0 Å². The summed E-state index contributed by atoms with van der Waals surface area (Å²) in [6, 6.07) is 7.08. The molecule has 0 bridgehead atoms. The number of benzene rings is 1. The Bertz CT molecular complexity index is 437. The molecule has 0 saturated carbocycles. The highest BCUT2D eigenvalue weighted by molar-refractivity contribution is 6.30. The zero-order valence-electron chi connectivity index (χ0n) is 10.3. The molecule has 0 aliphatic carbocycles. The summed E-state index contributed by atoms with van der Waals surface area (Å²) in [6.45, 7) is 0.321. The van der Waals surface area contributed by atoms with E-state index in [4.69, 9.17) is 21.4 Å². The Labute approximate surface area is 116 Å². The maximum Gasteiger partial charge on any atom is 0.407 e. The van der Waals surface area contributed by atoms with E-state index in [1.165, 1.54) is 4.90 Å². The summed E-state index contributed by atoms with van der Waals surface area (Å²) >= 11 is 5.81. The molecule has 5 nitrogen and oxygen atoms in total. The van der Waals surface area contributed by atoms with Gasteiger partial charge in [0.2, 0.25) is 0 Å². The fourth-order valence-corrected chi connectivity index (χ4v) is 2.29. The minimum absolute atomic E-state index is 0.169. The Kier molecular flexibility index (Phi) is 4.63. The third kappa shape index (κ3) is 3.59. The lowest BCUT2D eigenvalue weighted by Crippen LogP contribution is -2.53. The van der Waals surface area contributed by atoms with Crippen LogP contribution in [0.4, 0.5) is 4.79 Å². The molecule has 19 heavy (non-hydrogen) atoms. The summed E-state index contributed by atoms with van der Waals surface area (Å²) in [5, 5.41) is 18.9. The lowest BCUT2D eigenvalue weighted by atomic mass is 10.0. The average molecular weight is 286 g/mol. The normalized spacial score (nSPS) is 23.4.